The Morgan fingerprint density at radius 3 is 2.79 bits per heavy atom. The molecule has 2 aliphatic heterocycles. The van der Waals surface area contributed by atoms with Crippen LogP contribution in [0.25, 0.3) is 10.2 Å². The number of fused-ring (bicyclic) bond motifs is 2. The van der Waals surface area contributed by atoms with Gasteiger partial charge in [-0.1, -0.05) is 13.0 Å². The molecule has 9 heteroatoms. The Morgan fingerprint density at radius 1 is 1.18 bits per heavy atom. The van der Waals surface area contributed by atoms with Crippen molar-refractivity contribution >= 4 is 39.3 Å². The van der Waals surface area contributed by atoms with Gasteiger partial charge in [0.25, 0.3) is 0 Å². The molecule has 0 spiro atoms. The number of thiophene rings is 1. The second-order valence-corrected chi connectivity index (χ2v) is 9.33. The minimum atomic E-state index is -0.0922. The summed E-state index contributed by atoms with van der Waals surface area (Å²) in [4.78, 5) is 26.3. The molecule has 2 aliphatic rings. The van der Waals surface area contributed by atoms with Gasteiger partial charge in [-0.2, -0.15) is 4.98 Å². The number of rotatable bonds is 7. The zero-order valence-corrected chi connectivity index (χ0v) is 19.7. The molecule has 0 amide bonds. The van der Waals surface area contributed by atoms with Crippen molar-refractivity contribution in [1.29, 1.82) is 0 Å². The zero-order valence-electron chi connectivity index (χ0n) is 18.9. The number of anilines is 2. The van der Waals surface area contributed by atoms with Gasteiger partial charge in [0.05, 0.1) is 17.9 Å². The molecule has 0 unspecified atom stereocenters. The minimum absolute atomic E-state index is 0.0398. The molecule has 0 bridgehead atoms. The van der Waals surface area contributed by atoms with Crippen LogP contribution in [0.5, 0.6) is 11.5 Å². The highest BCUT2D eigenvalue weighted by Crippen LogP contribution is 2.34. The number of esters is 1. The first-order valence-electron chi connectivity index (χ1n) is 11.5. The summed E-state index contributed by atoms with van der Waals surface area (Å²) in [5.41, 5.74) is 1.09. The van der Waals surface area contributed by atoms with E-state index in [4.69, 9.17) is 24.2 Å². The van der Waals surface area contributed by atoms with Crippen LogP contribution in [-0.2, 0) is 22.5 Å². The molecule has 0 saturated carbocycles. The number of benzene rings is 1. The minimum Gasteiger partial charge on any atom is -0.466 e. The van der Waals surface area contributed by atoms with E-state index in [2.05, 4.69) is 23.2 Å². The Morgan fingerprint density at radius 2 is 2.00 bits per heavy atom. The molecule has 1 fully saturated rings. The summed E-state index contributed by atoms with van der Waals surface area (Å²) in [5, 5.41) is 4.56. The summed E-state index contributed by atoms with van der Waals surface area (Å²) in [7, 11) is 0. The second-order valence-electron chi connectivity index (χ2n) is 8.21. The number of carbonyl (C=O) groups excluding carboxylic acids is 1. The number of piperidine rings is 1. The van der Waals surface area contributed by atoms with Crippen LogP contribution < -0.4 is 19.7 Å². The predicted octanol–water partition coefficient (Wildman–Crippen LogP) is 4.37. The molecule has 3 aromatic rings. The number of hydrogen-bond acceptors (Lipinski definition) is 9. The fraction of sp³-hybridized carbons (Fsp3) is 0.458. The van der Waals surface area contributed by atoms with E-state index in [9.17, 15) is 4.79 Å². The smallest absolute Gasteiger partial charge is 0.309 e. The van der Waals surface area contributed by atoms with E-state index in [0.717, 1.165) is 65.4 Å². The normalized spacial score (nSPS) is 15.8. The van der Waals surface area contributed by atoms with E-state index in [1.54, 1.807) is 11.3 Å². The fourth-order valence-corrected chi connectivity index (χ4v) is 5.18. The van der Waals surface area contributed by atoms with Crippen LogP contribution >= 0.6 is 11.3 Å². The summed E-state index contributed by atoms with van der Waals surface area (Å²) >= 11 is 1.71. The van der Waals surface area contributed by atoms with Gasteiger partial charge in [-0.3, -0.25) is 4.79 Å². The number of ether oxygens (including phenoxy) is 3. The number of aromatic nitrogens is 2. The molecular formula is C24H28N4O4S. The lowest BCUT2D eigenvalue weighted by Crippen LogP contribution is -2.38. The Kier molecular flexibility index (Phi) is 6.22. The van der Waals surface area contributed by atoms with Crippen LogP contribution in [0.3, 0.4) is 0 Å². The molecule has 1 aromatic carbocycles. The number of nitrogens with zero attached hydrogens (tertiary/aromatic N) is 3. The van der Waals surface area contributed by atoms with Gasteiger partial charge in [0.15, 0.2) is 11.5 Å². The van der Waals surface area contributed by atoms with Crippen LogP contribution in [0.2, 0.25) is 0 Å². The highest BCUT2D eigenvalue weighted by atomic mass is 32.1. The maximum atomic E-state index is 12.1. The summed E-state index contributed by atoms with van der Waals surface area (Å²) in [6.45, 7) is 6.79. The van der Waals surface area contributed by atoms with Gasteiger partial charge in [0, 0.05) is 24.5 Å². The van der Waals surface area contributed by atoms with Crippen molar-refractivity contribution in [2.45, 2.75) is 39.7 Å². The van der Waals surface area contributed by atoms with Gasteiger partial charge in [-0.05, 0) is 49.9 Å². The molecular weight excluding hydrogens is 440 g/mol. The third kappa shape index (κ3) is 4.55. The Bertz CT molecular complexity index is 1160. The monoisotopic (exact) mass is 468 g/mol. The van der Waals surface area contributed by atoms with Crippen molar-refractivity contribution in [2.24, 2.45) is 5.92 Å². The average Bonchev–Trinajstić information content (AvgIpc) is 3.49. The van der Waals surface area contributed by atoms with E-state index < -0.39 is 0 Å². The molecule has 1 N–H and O–H groups in total. The summed E-state index contributed by atoms with van der Waals surface area (Å²) < 4.78 is 16.1. The van der Waals surface area contributed by atoms with Crippen molar-refractivity contribution in [3.05, 3.63) is 34.7 Å². The van der Waals surface area contributed by atoms with Gasteiger partial charge in [0.2, 0.25) is 12.7 Å². The van der Waals surface area contributed by atoms with Crippen molar-refractivity contribution in [3.63, 3.8) is 0 Å². The maximum Gasteiger partial charge on any atom is 0.309 e. The highest BCUT2D eigenvalue weighted by molar-refractivity contribution is 7.18. The number of aryl methyl sites for hydroxylation is 1. The molecule has 33 heavy (non-hydrogen) atoms. The Balaban J connectivity index is 1.36. The van der Waals surface area contributed by atoms with Gasteiger partial charge in [-0.15, -0.1) is 11.3 Å². The fourth-order valence-electron chi connectivity index (χ4n) is 4.22. The van der Waals surface area contributed by atoms with Crippen molar-refractivity contribution in [1.82, 2.24) is 9.97 Å². The van der Waals surface area contributed by atoms with E-state index in [1.165, 1.54) is 4.88 Å². The Hall–Kier alpha value is -3.07. The number of hydrogen-bond donors (Lipinski definition) is 1. The standard InChI is InChI=1S/C24H28N4O4S/c1-3-17-12-18-21(25-13-15-5-6-19-20(11-15)32-14-31-19)26-24(27-22(18)33-17)28-9-7-16(8-10-28)23(29)30-4-2/h5-6,11-12,16H,3-4,7-10,13-14H2,1-2H3,(H,25,26,27). The molecule has 0 radical (unpaired) electrons. The van der Waals surface area contributed by atoms with Crippen LogP contribution in [0.15, 0.2) is 24.3 Å². The molecule has 5 rings (SSSR count). The van der Waals surface area contributed by atoms with Crippen LogP contribution in [-0.4, -0.2) is 42.4 Å². The van der Waals surface area contributed by atoms with E-state index in [1.807, 2.05) is 25.1 Å². The van der Waals surface area contributed by atoms with Crippen molar-refractivity contribution in [3.8, 4) is 11.5 Å². The van der Waals surface area contributed by atoms with E-state index in [0.29, 0.717) is 19.1 Å². The van der Waals surface area contributed by atoms with Gasteiger partial charge >= 0.3 is 5.97 Å². The van der Waals surface area contributed by atoms with Gasteiger partial charge in [0.1, 0.15) is 10.6 Å². The molecule has 8 nitrogen and oxygen atoms in total. The maximum absolute atomic E-state index is 12.1. The third-order valence-electron chi connectivity index (χ3n) is 6.08. The lowest BCUT2D eigenvalue weighted by Gasteiger charge is -2.31. The van der Waals surface area contributed by atoms with Crippen LogP contribution in [0, 0.1) is 5.92 Å². The number of nitrogens with one attached hydrogen (secondary N) is 1. The van der Waals surface area contributed by atoms with Gasteiger partial charge in [-0.25, -0.2) is 4.98 Å². The summed E-state index contributed by atoms with van der Waals surface area (Å²) in [5.74, 6) is 2.96. The summed E-state index contributed by atoms with van der Waals surface area (Å²) in [6, 6.07) is 8.15. The SMILES string of the molecule is CCOC(=O)C1CCN(c2nc(NCc3ccc4c(c3)OCO4)c3cc(CC)sc3n2)CC1. The van der Waals surface area contributed by atoms with Crippen molar-refractivity contribution < 1.29 is 19.0 Å². The average molecular weight is 469 g/mol. The third-order valence-corrected chi connectivity index (χ3v) is 7.25. The quantitative estimate of drug-likeness (QED) is 0.512. The van der Waals surface area contributed by atoms with Crippen molar-refractivity contribution in [2.75, 3.05) is 36.7 Å². The number of carbonyl (C=O) groups is 1. The first kappa shape index (κ1) is 21.8. The molecule has 1 saturated heterocycles. The molecule has 174 valence electrons. The van der Waals surface area contributed by atoms with Gasteiger partial charge < -0.3 is 24.4 Å². The first-order chi connectivity index (χ1) is 16.1. The molecule has 2 aromatic heterocycles. The lowest BCUT2D eigenvalue weighted by atomic mass is 9.97. The van der Waals surface area contributed by atoms with Crippen LogP contribution in [0.1, 0.15) is 37.1 Å². The largest absolute Gasteiger partial charge is 0.466 e. The molecule has 4 heterocycles. The molecule has 0 aliphatic carbocycles. The summed E-state index contributed by atoms with van der Waals surface area (Å²) in [6.07, 6.45) is 2.47. The zero-order chi connectivity index (χ0) is 22.8. The predicted molar refractivity (Wildman–Crippen MR) is 128 cm³/mol. The Labute approximate surface area is 196 Å². The second kappa shape index (κ2) is 9.43. The van der Waals surface area contributed by atoms with E-state index in [-0.39, 0.29) is 18.7 Å². The van der Waals surface area contributed by atoms with Crippen LogP contribution in [0.4, 0.5) is 11.8 Å². The topological polar surface area (TPSA) is 85.8 Å². The highest BCUT2D eigenvalue weighted by Gasteiger charge is 2.28. The molecule has 0 atom stereocenters. The lowest BCUT2D eigenvalue weighted by molar-refractivity contribution is -0.148. The first-order valence-corrected chi connectivity index (χ1v) is 12.3. The van der Waals surface area contributed by atoms with E-state index >= 15 is 0 Å².